The molecule has 7 heteroatoms. The normalized spacial score (nSPS) is 14.6. The van der Waals surface area contributed by atoms with Crippen molar-refractivity contribution in [2.24, 2.45) is 5.92 Å². The summed E-state index contributed by atoms with van der Waals surface area (Å²) in [6.07, 6.45) is 3.88. The largest absolute Gasteiger partial charge is 0.495 e. The average molecular weight is 411 g/mol. The van der Waals surface area contributed by atoms with Crippen molar-refractivity contribution in [3.05, 3.63) is 47.5 Å². The molecule has 2 heterocycles. The lowest BCUT2D eigenvalue weighted by Gasteiger charge is -2.32. The van der Waals surface area contributed by atoms with Gasteiger partial charge in [0.1, 0.15) is 11.6 Å². The van der Waals surface area contributed by atoms with E-state index >= 15 is 0 Å². The number of amides is 2. The Morgan fingerprint density at radius 2 is 1.93 bits per heavy atom. The highest BCUT2D eigenvalue weighted by Gasteiger charge is 2.26. The Balaban J connectivity index is 1.64. The summed E-state index contributed by atoms with van der Waals surface area (Å²) in [6, 6.07) is 7.26. The summed E-state index contributed by atoms with van der Waals surface area (Å²) in [5.74, 6) is 1.88. The lowest BCUT2D eigenvalue weighted by molar-refractivity contribution is -0.133. The van der Waals surface area contributed by atoms with Gasteiger partial charge in [-0.1, -0.05) is 26.0 Å². The number of carbonyl (C=O) groups excluding carboxylic acids is 2. The Morgan fingerprint density at radius 1 is 1.23 bits per heavy atom. The van der Waals surface area contributed by atoms with Crippen molar-refractivity contribution in [2.75, 3.05) is 25.5 Å². The second-order valence-corrected chi connectivity index (χ2v) is 8.13. The molecule has 0 bridgehead atoms. The first-order valence-corrected chi connectivity index (χ1v) is 10.4. The van der Waals surface area contributed by atoms with Crippen molar-refractivity contribution in [1.29, 1.82) is 0 Å². The van der Waals surface area contributed by atoms with Gasteiger partial charge in [0.25, 0.3) is 5.91 Å². The van der Waals surface area contributed by atoms with Gasteiger partial charge in [-0.2, -0.15) is 0 Å². The highest BCUT2D eigenvalue weighted by atomic mass is 16.5. The number of hydrogen-bond donors (Lipinski definition) is 1. The number of aromatic nitrogens is 2. The third-order valence-corrected chi connectivity index (χ3v) is 5.39. The average Bonchev–Trinajstić information content (AvgIpc) is 2.73. The Labute approximate surface area is 177 Å². The quantitative estimate of drug-likeness (QED) is 0.783. The van der Waals surface area contributed by atoms with Gasteiger partial charge in [0.05, 0.1) is 24.1 Å². The molecule has 2 aromatic rings. The fourth-order valence-electron chi connectivity index (χ4n) is 3.71. The molecular formula is C23H30N4O3. The maximum Gasteiger partial charge on any atom is 0.259 e. The first kappa shape index (κ1) is 21.7. The zero-order valence-corrected chi connectivity index (χ0v) is 18.1. The molecule has 0 spiro atoms. The van der Waals surface area contributed by atoms with Gasteiger partial charge in [-0.15, -0.1) is 0 Å². The summed E-state index contributed by atoms with van der Waals surface area (Å²) in [5.41, 5.74) is 1.69. The van der Waals surface area contributed by atoms with E-state index in [1.165, 1.54) is 0 Å². The number of carbonyl (C=O) groups is 2. The Bertz CT molecular complexity index is 905. The molecule has 0 aliphatic carbocycles. The number of aryl methyl sites for hydroxylation is 1. The second kappa shape index (κ2) is 9.69. The number of piperidine rings is 1. The first-order valence-electron chi connectivity index (χ1n) is 10.4. The number of anilines is 1. The van der Waals surface area contributed by atoms with E-state index in [2.05, 4.69) is 29.1 Å². The minimum atomic E-state index is -0.266. The summed E-state index contributed by atoms with van der Waals surface area (Å²) in [4.78, 5) is 36.0. The third-order valence-electron chi connectivity index (χ3n) is 5.39. The highest BCUT2D eigenvalue weighted by Crippen LogP contribution is 2.27. The maximum absolute atomic E-state index is 12.7. The molecule has 0 saturated carbocycles. The molecule has 3 rings (SSSR count). The van der Waals surface area contributed by atoms with Crippen LogP contribution in [0.3, 0.4) is 0 Å². The van der Waals surface area contributed by atoms with E-state index in [1.807, 2.05) is 24.0 Å². The summed E-state index contributed by atoms with van der Waals surface area (Å²) >= 11 is 0. The molecule has 1 fully saturated rings. The van der Waals surface area contributed by atoms with Crippen molar-refractivity contribution >= 4 is 17.5 Å². The van der Waals surface area contributed by atoms with Crippen LogP contribution in [0, 0.1) is 12.8 Å². The number of para-hydroxylation sites is 2. The van der Waals surface area contributed by atoms with Gasteiger partial charge in [-0.3, -0.25) is 9.59 Å². The maximum atomic E-state index is 12.7. The van der Waals surface area contributed by atoms with Gasteiger partial charge < -0.3 is 15.0 Å². The number of ether oxygens (including phenoxy) is 1. The molecule has 0 radical (unpaired) electrons. The number of rotatable bonds is 6. The summed E-state index contributed by atoms with van der Waals surface area (Å²) in [6.45, 7) is 7.41. The molecule has 1 aromatic carbocycles. The first-order chi connectivity index (χ1) is 14.4. The van der Waals surface area contributed by atoms with Crippen LogP contribution in [0.1, 0.15) is 60.9 Å². The molecule has 7 nitrogen and oxygen atoms in total. The number of nitrogens with one attached hydrogen (secondary N) is 1. The zero-order chi connectivity index (χ0) is 21.7. The molecule has 30 heavy (non-hydrogen) atoms. The van der Waals surface area contributed by atoms with E-state index in [9.17, 15) is 9.59 Å². The highest BCUT2D eigenvalue weighted by molar-refractivity contribution is 6.05. The van der Waals surface area contributed by atoms with Crippen LogP contribution in [0.4, 0.5) is 5.69 Å². The fourth-order valence-corrected chi connectivity index (χ4v) is 3.71. The van der Waals surface area contributed by atoms with Crippen LogP contribution in [0.25, 0.3) is 0 Å². The Morgan fingerprint density at radius 3 is 2.57 bits per heavy atom. The number of nitrogens with zero attached hydrogens (tertiary/aromatic N) is 3. The molecule has 1 aromatic heterocycles. The SMILES string of the molecule is COc1ccccc1NC(=O)c1cnc(C2CCN(C(=O)CC(C)C)CC2)nc1C. The van der Waals surface area contributed by atoms with Crippen molar-refractivity contribution in [3.63, 3.8) is 0 Å². The number of methoxy groups -OCH3 is 1. The van der Waals surface area contributed by atoms with Crippen molar-refractivity contribution < 1.29 is 14.3 Å². The second-order valence-electron chi connectivity index (χ2n) is 8.13. The van der Waals surface area contributed by atoms with Crippen molar-refractivity contribution in [1.82, 2.24) is 14.9 Å². The standard InChI is InChI=1S/C23H30N4O3/c1-15(2)13-21(28)27-11-9-17(10-12-27)22-24-14-18(16(3)25-22)23(29)26-19-7-5-6-8-20(19)30-4/h5-8,14-15,17H,9-13H2,1-4H3,(H,26,29). The van der Waals surface area contributed by atoms with Gasteiger partial charge in [-0.25, -0.2) is 9.97 Å². The van der Waals surface area contributed by atoms with Gasteiger partial charge in [0.2, 0.25) is 5.91 Å². The van der Waals surface area contributed by atoms with Crippen LogP contribution < -0.4 is 10.1 Å². The molecule has 0 atom stereocenters. The van der Waals surface area contributed by atoms with E-state index in [0.717, 1.165) is 31.8 Å². The van der Waals surface area contributed by atoms with Crippen LogP contribution in [0.5, 0.6) is 5.75 Å². The van der Waals surface area contributed by atoms with Crippen LogP contribution in [-0.2, 0) is 4.79 Å². The minimum absolute atomic E-state index is 0.207. The van der Waals surface area contributed by atoms with Crippen LogP contribution >= 0.6 is 0 Å². The lowest BCUT2D eigenvalue weighted by atomic mass is 9.95. The lowest BCUT2D eigenvalue weighted by Crippen LogP contribution is -2.38. The monoisotopic (exact) mass is 410 g/mol. The molecule has 1 aliphatic rings. The fraction of sp³-hybridized carbons (Fsp3) is 0.478. The van der Waals surface area contributed by atoms with Crippen LogP contribution in [0.2, 0.25) is 0 Å². The predicted octanol–water partition coefficient (Wildman–Crippen LogP) is 3.80. The van der Waals surface area contributed by atoms with E-state index < -0.39 is 0 Å². The van der Waals surface area contributed by atoms with Crippen molar-refractivity contribution in [2.45, 2.75) is 46.0 Å². The molecule has 1 aliphatic heterocycles. The summed E-state index contributed by atoms with van der Waals surface area (Å²) in [5, 5.41) is 2.86. The van der Waals surface area contributed by atoms with Crippen LogP contribution in [-0.4, -0.2) is 46.9 Å². The minimum Gasteiger partial charge on any atom is -0.495 e. The summed E-state index contributed by atoms with van der Waals surface area (Å²) in [7, 11) is 1.57. The molecule has 0 unspecified atom stereocenters. The van der Waals surface area contributed by atoms with E-state index in [-0.39, 0.29) is 17.7 Å². The van der Waals surface area contributed by atoms with E-state index in [1.54, 1.807) is 25.4 Å². The van der Waals surface area contributed by atoms with Gasteiger partial charge >= 0.3 is 0 Å². The molecular weight excluding hydrogens is 380 g/mol. The Kier molecular flexibility index (Phi) is 7.03. The molecule has 1 saturated heterocycles. The smallest absolute Gasteiger partial charge is 0.259 e. The number of benzene rings is 1. The van der Waals surface area contributed by atoms with Crippen LogP contribution in [0.15, 0.2) is 30.5 Å². The van der Waals surface area contributed by atoms with E-state index in [0.29, 0.717) is 35.0 Å². The zero-order valence-electron chi connectivity index (χ0n) is 18.1. The molecule has 2 amide bonds. The third kappa shape index (κ3) is 5.14. The van der Waals surface area contributed by atoms with E-state index in [4.69, 9.17) is 4.74 Å². The van der Waals surface area contributed by atoms with Crippen molar-refractivity contribution in [3.8, 4) is 5.75 Å². The molecule has 160 valence electrons. The number of likely N-dealkylation sites (tertiary alicyclic amines) is 1. The summed E-state index contributed by atoms with van der Waals surface area (Å²) < 4.78 is 5.28. The molecule has 1 N–H and O–H groups in total. The van der Waals surface area contributed by atoms with Gasteiger partial charge in [0.15, 0.2) is 0 Å². The van der Waals surface area contributed by atoms with Gasteiger partial charge in [0, 0.05) is 31.6 Å². The predicted molar refractivity (Wildman–Crippen MR) is 116 cm³/mol. The Hall–Kier alpha value is -2.96. The van der Waals surface area contributed by atoms with Gasteiger partial charge in [-0.05, 0) is 37.8 Å². The number of hydrogen-bond acceptors (Lipinski definition) is 5. The topological polar surface area (TPSA) is 84.4 Å².